The molecule has 126 valence electrons. The van der Waals surface area contributed by atoms with Crippen LogP contribution in [0.15, 0.2) is 33.2 Å². The van der Waals surface area contributed by atoms with Gasteiger partial charge in [-0.25, -0.2) is 0 Å². The maximum absolute atomic E-state index is 9.33. The fourth-order valence-electron chi connectivity index (χ4n) is 2.72. The van der Waals surface area contributed by atoms with Crippen LogP contribution in [0.5, 0.6) is 5.75 Å². The average Bonchev–Trinajstić information content (AvgIpc) is 2.97. The maximum Gasteiger partial charge on any atom is 0.236 e. The maximum atomic E-state index is 9.33. The second-order valence-corrected chi connectivity index (χ2v) is 6.69. The van der Waals surface area contributed by atoms with Gasteiger partial charge >= 0.3 is 0 Å². The number of ether oxygens (including phenoxy) is 2. The van der Waals surface area contributed by atoms with Crippen molar-refractivity contribution in [2.45, 2.75) is 32.7 Å². The second-order valence-electron chi connectivity index (χ2n) is 5.78. The number of hydrogen-bond donors (Lipinski definition) is 0. The standard InChI is InChI=1S/C17H18BrN3O3/c1-11-8-21(9-12(2)23-11)17-15(7-19)20-16(24-17)10-22-14-5-3-13(18)4-6-14/h3-6,11-12H,8-10H2,1-2H3/t11-,12+. The van der Waals surface area contributed by atoms with Crippen LogP contribution >= 0.6 is 15.9 Å². The molecule has 1 aromatic heterocycles. The Balaban J connectivity index is 1.73. The molecule has 2 atom stereocenters. The Morgan fingerprint density at radius 2 is 1.96 bits per heavy atom. The Labute approximate surface area is 149 Å². The Kier molecular flexibility index (Phi) is 5.07. The van der Waals surface area contributed by atoms with Crippen LogP contribution in [-0.2, 0) is 11.3 Å². The summed E-state index contributed by atoms with van der Waals surface area (Å²) in [6.07, 6.45) is 0.153. The third kappa shape index (κ3) is 3.89. The fourth-order valence-corrected chi connectivity index (χ4v) is 2.99. The summed E-state index contributed by atoms with van der Waals surface area (Å²) in [6.45, 7) is 5.51. The first-order valence-electron chi connectivity index (χ1n) is 7.73. The lowest BCUT2D eigenvalue weighted by Gasteiger charge is -2.34. The SMILES string of the molecule is C[C@@H]1CN(c2oc(COc3ccc(Br)cc3)nc2C#N)C[C@H](C)O1. The molecule has 24 heavy (non-hydrogen) atoms. The molecule has 1 aliphatic heterocycles. The van der Waals surface area contributed by atoms with Crippen LogP contribution in [0, 0.1) is 11.3 Å². The first-order chi connectivity index (χ1) is 11.5. The monoisotopic (exact) mass is 391 g/mol. The van der Waals surface area contributed by atoms with Crippen molar-refractivity contribution >= 4 is 21.8 Å². The molecule has 1 fully saturated rings. The summed E-state index contributed by atoms with van der Waals surface area (Å²) < 4.78 is 18.1. The van der Waals surface area contributed by atoms with Crippen LogP contribution in [-0.4, -0.2) is 30.3 Å². The summed E-state index contributed by atoms with van der Waals surface area (Å²) in [5.74, 6) is 1.59. The molecule has 0 saturated carbocycles. The number of oxazole rings is 1. The molecule has 2 aromatic rings. The van der Waals surface area contributed by atoms with Gasteiger partial charge in [-0.3, -0.25) is 0 Å². The van der Waals surface area contributed by atoms with E-state index >= 15 is 0 Å². The van der Waals surface area contributed by atoms with Crippen molar-refractivity contribution in [1.82, 2.24) is 4.98 Å². The number of aromatic nitrogens is 1. The number of nitriles is 1. The van der Waals surface area contributed by atoms with Gasteiger partial charge in [0.05, 0.1) is 12.2 Å². The zero-order chi connectivity index (χ0) is 17.1. The molecular formula is C17H18BrN3O3. The lowest BCUT2D eigenvalue weighted by atomic mass is 10.2. The largest absolute Gasteiger partial charge is 0.484 e. The van der Waals surface area contributed by atoms with Gasteiger partial charge in [0.1, 0.15) is 11.8 Å². The smallest absolute Gasteiger partial charge is 0.236 e. The number of halogens is 1. The van der Waals surface area contributed by atoms with E-state index in [-0.39, 0.29) is 24.5 Å². The summed E-state index contributed by atoms with van der Waals surface area (Å²) in [5.41, 5.74) is 0.283. The molecule has 1 aliphatic rings. The third-order valence-electron chi connectivity index (χ3n) is 3.64. The van der Waals surface area contributed by atoms with Crippen molar-refractivity contribution in [3.63, 3.8) is 0 Å². The van der Waals surface area contributed by atoms with E-state index in [2.05, 4.69) is 27.0 Å². The number of nitrogens with zero attached hydrogens (tertiary/aromatic N) is 3. The van der Waals surface area contributed by atoms with Gasteiger partial charge in [0.15, 0.2) is 6.61 Å². The van der Waals surface area contributed by atoms with Crippen LogP contribution in [0.25, 0.3) is 0 Å². The highest BCUT2D eigenvalue weighted by Gasteiger charge is 2.27. The van der Waals surface area contributed by atoms with Crippen molar-refractivity contribution < 1.29 is 13.9 Å². The van der Waals surface area contributed by atoms with Gasteiger partial charge < -0.3 is 18.8 Å². The van der Waals surface area contributed by atoms with Gasteiger partial charge in [-0.15, -0.1) is 0 Å². The Bertz CT molecular complexity index is 729. The average molecular weight is 392 g/mol. The molecule has 0 unspecified atom stereocenters. The summed E-state index contributed by atoms with van der Waals surface area (Å²) in [6, 6.07) is 9.60. The van der Waals surface area contributed by atoms with Gasteiger partial charge in [0.25, 0.3) is 0 Å². The Hall–Kier alpha value is -2.04. The predicted octanol–water partition coefficient (Wildman–Crippen LogP) is 3.50. The van der Waals surface area contributed by atoms with Crippen molar-refractivity contribution in [3.8, 4) is 11.8 Å². The normalized spacial score (nSPS) is 20.7. The van der Waals surface area contributed by atoms with Gasteiger partial charge in [-0.2, -0.15) is 10.2 Å². The number of anilines is 1. The zero-order valence-electron chi connectivity index (χ0n) is 13.5. The molecular weight excluding hydrogens is 374 g/mol. The predicted molar refractivity (Wildman–Crippen MR) is 91.9 cm³/mol. The van der Waals surface area contributed by atoms with Crippen LogP contribution < -0.4 is 9.64 Å². The summed E-state index contributed by atoms with van der Waals surface area (Å²) >= 11 is 3.38. The van der Waals surface area contributed by atoms with Crippen LogP contribution in [0.1, 0.15) is 25.4 Å². The van der Waals surface area contributed by atoms with Crippen molar-refractivity contribution in [2.24, 2.45) is 0 Å². The Morgan fingerprint density at radius 3 is 2.58 bits per heavy atom. The van der Waals surface area contributed by atoms with Gasteiger partial charge in [-0.05, 0) is 38.1 Å². The summed E-state index contributed by atoms with van der Waals surface area (Å²) in [4.78, 5) is 6.25. The molecule has 7 heteroatoms. The van der Waals surface area contributed by atoms with Crippen LogP contribution in [0.2, 0.25) is 0 Å². The van der Waals surface area contributed by atoms with E-state index < -0.39 is 0 Å². The highest BCUT2D eigenvalue weighted by Crippen LogP contribution is 2.26. The molecule has 0 spiro atoms. The number of rotatable bonds is 4. The van der Waals surface area contributed by atoms with Crippen molar-refractivity contribution in [1.29, 1.82) is 5.26 Å². The van der Waals surface area contributed by atoms with E-state index in [0.29, 0.717) is 30.6 Å². The van der Waals surface area contributed by atoms with Crippen molar-refractivity contribution in [2.75, 3.05) is 18.0 Å². The summed E-state index contributed by atoms with van der Waals surface area (Å²) in [5, 5.41) is 9.33. The van der Waals surface area contributed by atoms with Gasteiger partial charge in [0.2, 0.25) is 17.5 Å². The molecule has 6 nitrogen and oxygen atoms in total. The number of morpholine rings is 1. The minimum Gasteiger partial charge on any atom is -0.484 e. The zero-order valence-corrected chi connectivity index (χ0v) is 15.1. The van der Waals surface area contributed by atoms with E-state index in [1.165, 1.54) is 0 Å². The number of hydrogen-bond acceptors (Lipinski definition) is 6. The Morgan fingerprint density at radius 1 is 1.29 bits per heavy atom. The first-order valence-corrected chi connectivity index (χ1v) is 8.53. The number of benzene rings is 1. The van der Waals surface area contributed by atoms with E-state index in [9.17, 15) is 5.26 Å². The first kappa shape index (κ1) is 16.8. The third-order valence-corrected chi connectivity index (χ3v) is 4.17. The lowest BCUT2D eigenvalue weighted by molar-refractivity contribution is -0.00651. The summed E-state index contributed by atoms with van der Waals surface area (Å²) in [7, 11) is 0. The lowest BCUT2D eigenvalue weighted by Crippen LogP contribution is -2.45. The quantitative estimate of drug-likeness (QED) is 0.793. The fraction of sp³-hybridized carbons (Fsp3) is 0.412. The van der Waals surface area contributed by atoms with E-state index in [4.69, 9.17) is 13.9 Å². The van der Waals surface area contributed by atoms with Crippen LogP contribution in [0.3, 0.4) is 0 Å². The molecule has 0 amide bonds. The molecule has 1 aromatic carbocycles. The second kappa shape index (κ2) is 7.24. The molecule has 2 heterocycles. The van der Waals surface area contributed by atoms with Crippen LogP contribution in [0.4, 0.5) is 5.88 Å². The van der Waals surface area contributed by atoms with Gasteiger partial charge in [0, 0.05) is 17.6 Å². The van der Waals surface area contributed by atoms with E-state index in [0.717, 1.165) is 4.47 Å². The highest BCUT2D eigenvalue weighted by atomic mass is 79.9. The molecule has 3 rings (SSSR count). The van der Waals surface area contributed by atoms with Crippen molar-refractivity contribution in [3.05, 3.63) is 40.3 Å². The van der Waals surface area contributed by atoms with Gasteiger partial charge in [-0.1, -0.05) is 15.9 Å². The minimum absolute atomic E-state index is 0.0767. The van der Waals surface area contributed by atoms with E-state index in [1.807, 2.05) is 43.0 Å². The molecule has 0 radical (unpaired) electrons. The molecule has 0 aliphatic carbocycles. The molecule has 1 saturated heterocycles. The van der Waals surface area contributed by atoms with E-state index in [1.54, 1.807) is 0 Å². The molecule has 0 bridgehead atoms. The molecule has 0 N–H and O–H groups in total. The highest BCUT2D eigenvalue weighted by molar-refractivity contribution is 9.10. The topological polar surface area (TPSA) is 71.5 Å². The minimum atomic E-state index is 0.0767.